The van der Waals surface area contributed by atoms with Gasteiger partial charge in [-0.15, -0.1) is 0 Å². The zero-order valence-corrected chi connectivity index (χ0v) is 16.7. The number of aliphatic hydroxyl groups is 1. The number of hydrogen-bond donors (Lipinski definition) is 1. The third-order valence-corrected chi connectivity index (χ3v) is 6.35. The molecule has 0 aromatic heterocycles. The van der Waals surface area contributed by atoms with Crippen molar-refractivity contribution in [2.75, 3.05) is 4.31 Å². The van der Waals surface area contributed by atoms with Gasteiger partial charge in [0, 0.05) is 16.1 Å². The normalized spacial score (nSPS) is 14.2. The van der Waals surface area contributed by atoms with Crippen LogP contribution in [0.2, 0.25) is 15.1 Å². The minimum Gasteiger partial charge on any atom is -0.393 e. The number of nitrogens with zero attached hydrogens (tertiary/aromatic N) is 1. The van der Waals surface area contributed by atoms with Crippen LogP contribution in [0.25, 0.3) is 0 Å². The van der Waals surface area contributed by atoms with Crippen LogP contribution in [0.15, 0.2) is 47.4 Å². The van der Waals surface area contributed by atoms with Crippen LogP contribution in [-0.4, -0.2) is 25.7 Å². The smallest absolute Gasteiger partial charge is 0.264 e. The van der Waals surface area contributed by atoms with Crippen LogP contribution in [0.1, 0.15) is 20.3 Å². The molecule has 1 N–H and O–H groups in total. The van der Waals surface area contributed by atoms with E-state index in [1.54, 1.807) is 26.0 Å². The number of halogens is 3. The van der Waals surface area contributed by atoms with Gasteiger partial charge in [0.15, 0.2) is 0 Å². The molecular weight excluding hydrogens is 405 g/mol. The summed E-state index contributed by atoms with van der Waals surface area (Å²) >= 11 is 18.1. The fourth-order valence-corrected chi connectivity index (χ4v) is 4.80. The van der Waals surface area contributed by atoms with Crippen molar-refractivity contribution in [2.45, 2.75) is 37.3 Å². The van der Waals surface area contributed by atoms with Gasteiger partial charge in [0.05, 0.1) is 21.7 Å². The minimum absolute atomic E-state index is 0.0744. The Labute approximate surface area is 163 Å². The Kier molecular flexibility index (Phi) is 6.62. The third-order valence-electron chi connectivity index (χ3n) is 3.60. The van der Waals surface area contributed by atoms with Crippen molar-refractivity contribution in [3.8, 4) is 0 Å². The SMILES string of the molecule is CC(O)CC(C)N(c1cc(Cl)ccc1Cl)S(=O)(=O)c1ccc(Cl)cc1. The average molecular weight is 423 g/mol. The molecule has 0 bridgehead atoms. The molecule has 4 nitrogen and oxygen atoms in total. The fourth-order valence-electron chi connectivity index (χ4n) is 2.57. The summed E-state index contributed by atoms with van der Waals surface area (Å²) in [5, 5.41) is 10.8. The molecule has 0 fully saturated rings. The van der Waals surface area contributed by atoms with Crippen LogP contribution < -0.4 is 4.31 Å². The maximum absolute atomic E-state index is 13.2. The molecule has 0 heterocycles. The lowest BCUT2D eigenvalue weighted by Crippen LogP contribution is -2.40. The van der Waals surface area contributed by atoms with E-state index in [4.69, 9.17) is 34.8 Å². The van der Waals surface area contributed by atoms with Crippen molar-refractivity contribution < 1.29 is 13.5 Å². The summed E-state index contributed by atoms with van der Waals surface area (Å²) in [4.78, 5) is 0.0744. The van der Waals surface area contributed by atoms with E-state index in [9.17, 15) is 13.5 Å². The molecule has 2 rings (SSSR count). The van der Waals surface area contributed by atoms with E-state index in [1.807, 2.05) is 0 Å². The summed E-state index contributed by atoms with van der Waals surface area (Å²) in [6, 6.07) is 9.94. The number of sulfonamides is 1. The zero-order valence-electron chi connectivity index (χ0n) is 13.7. The van der Waals surface area contributed by atoms with Crippen molar-refractivity contribution >= 4 is 50.5 Å². The van der Waals surface area contributed by atoms with Gasteiger partial charge >= 0.3 is 0 Å². The highest BCUT2D eigenvalue weighted by molar-refractivity contribution is 7.92. The molecule has 0 amide bonds. The largest absolute Gasteiger partial charge is 0.393 e. The van der Waals surface area contributed by atoms with Crippen molar-refractivity contribution in [1.29, 1.82) is 0 Å². The summed E-state index contributed by atoms with van der Waals surface area (Å²) in [6.07, 6.45) is -0.453. The average Bonchev–Trinajstić information content (AvgIpc) is 2.50. The van der Waals surface area contributed by atoms with Gasteiger partial charge in [-0.05, 0) is 62.7 Å². The molecule has 2 unspecified atom stereocenters. The van der Waals surface area contributed by atoms with E-state index in [-0.39, 0.29) is 22.0 Å². The van der Waals surface area contributed by atoms with Gasteiger partial charge in [0.1, 0.15) is 0 Å². The Morgan fingerprint density at radius 2 is 1.56 bits per heavy atom. The lowest BCUT2D eigenvalue weighted by atomic mass is 10.1. The fraction of sp³-hybridized carbons (Fsp3) is 0.294. The molecule has 8 heteroatoms. The molecule has 0 spiro atoms. The zero-order chi connectivity index (χ0) is 18.8. The molecule has 0 aliphatic heterocycles. The van der Waals surface area contributed by atoms with Gasteiger partial charge in [-0.2, -0.15) is 0 Å². The number of anilines is 1. The third kappa shape index (κ3) is 4.80. The molecule has 2 aromatic rings. The highest BCUT2D eigenvalue weighted by Crippen LogP contribution is 2.35. The Morgan fingerprint density at radius 1 is 1.00 bits per heavy atom. The molecule has 2 aromatic carbocycles. The van der Waals surface area contributed by atoms with Gasteiger partial charge < -0.3 is 5.11 Å². The number of rotatable bonds is 6. The molecule has 0 aliphatic carbocycles. The van der Waals surface area contributed by atoms with Gasteiger partial charge in [-0.1, -0.05) is 34.8 Å². The Hall–Kier alpha value is -0.980. The first kappa shape index (κ1) is 20.3. The minimum atomic E-state index is -3.93. The van der Waals surface area contributed by atoms with Gasteiger partial charge in [0.2, 0.25) is 0 Å². The summed E-state index contributed by atoms with van der Waals surface area (Å²) in [6.45, 7) is 3.31. The Morgan fingerprint density at radius 3 is 2.12 bits per heavy atom. The number of aliphatic hydroxyl groups excluding tert-OH is 1. The first-order chi connectivity index (χ1) is 11.6. The first-order valence-corrected chi connectivity index (χ1v) is 10.1. The molecule has 136 valence electrons. The van der Waals surface area contributed by atoms with E-state index in [0.29, 0.717) is 10.0 Å². The second kappa shape index (κ2) is 8.14. The van der Waals surface area contributed by atoms with Crippen LogP contribution in [0.5, 0.6) is 0 Å². The molecule has 2 atom stereocenters. The second-order valence-electron chi connectivity index (χ2n) is 5.78. The Bertz CT molecular complexity index is 839. The second-order valence-corrected chi connectivity index (χ2v) is 8.88. The van der Waals surface area contributed by atoms with E-state index < -0.39 is 22.2 Å². The van der Waals surface area contributed by atoms with E-state index in [2.05, 4.69) is 0 Å². The number of hydrogen-bond acceptors (Lipinski definition) is 3. The van der Waals surface area contributed by atoms with Crippen molar-refractivity contribution in [3.63, 3.8) is 0 Å². The predicted octanol–water partition coefficient (Wildman–Crippen LogP) is 5.00. The molecule has 0 radical (unpaired) electrons. The van der Waals surface area contributed by atoms with Crippen molar-refractivity contribution in [2.24, 2.45) is 0 Å². The van der Waals surface area contributed by atoms with Crippen LogP contribution in [0.4, 0.5) is 5.69 Å². The maximum Gasteiger partial charge on any atom is 0.264 e. The van der Waals surface area contributed by atoms with Crippen LogP contribution in [-0.2, 0) is 10.0 Å². The molecule has 0 aliphatic rings. The maximum atomic E-state index is 13.2. The van der Waals surface area contributed by atoms with Crippen LogP contribution >= 0.6 is 34.8 Å². The summed E-state index contributed by atoms with van der Waals surface area (Å²) in [5.41, 5.74) is 0.261. The van der Waals surface area contributed by atoms with E-state index in [1.165, 1.54) is 34.6 Å². The quantitative estimate of drug-likeness (QED) is 0.712. The highest BCUT2D eigenvalue weighted by Gasteiger charge is 2.31. The lowest BCUT2D eigenvalue weighted by molar-refractivity contribution is 0.177. The Balaban J connectivity index is 2.61. The van der Waals surface area contributed by atoms with Gasteiger partial charge in [-0.25, -0.2) is 8.42 Å². The van der Waals surface area contributed by atoms with Gasteiger partial charge in [0.25, 0.3) is 10.0 Å². The van der Waals surface area contributed by atoms with E-state index >= 15 is 0 Å². The first-order valence-electron chi connectivity index (χ1n) is 7.56. The molecule has 25 heavy (non-hydrogen) atoms. The van der Waals surface area contributed by atoms with Crippen LogP contribution in [0, 0.1) is 0 Å². The van der Waals surface area contributed by atoms with E-state index in [0.717, 1.165) is 0 Å². The topological polar surface area (TPSA) is 57.6 Å². The summed E-state index contributed by atoms with van der Waals surface area (Å²) in [5.74, 6) is 0. The van der Waals surface area contributed by atoms with Crippen LogP contribution in [0.3, 0.4) is 0 Å². The monoisotopic (exact) mass is 421 g/mol. The van der Waals surface area contributed by atoms with Crippen molar-refractivity contribution in [1.82, 2.24) is 0 Å². The summed E-state index contributed by atoms with van der Waals surface area (Å²) < 4.78 is 27.7. The standard InChI is InChI=1S/C17H18Cl3NO3S/c1-11(9-12(2)22)21(17-10-14(19)5-8-16(17)20)25(23,24)15-6-3-13(18)4-7-15/h3-8,10-12,22H,9H2,1-2H3. The van der Waals surface area contributed by atoms with Gasteiger partial charge in [-0.3, -0.25) is 4.31 Å². The highest BCUT2D eigenvalue weighted by atomic mass is 35.5. The predicted molar refractivity (Wildman–Crippen MR) is 103 cm³/mol. The number of benzene rings is 2. The molecule has 0 saturated carbocycles. The lowest BCUT2D eigenvalue weighted by Gasteiger charge is -2.32. The molecule has 0 saturated heterocycles. The summed E-state index contributed by atoms with van der Waals surface area (Å²) in [7, 11) is -3.93. The molecular formula is C17H18Cl3NO3S. The van der Waals surface area contributed by atoms with Crippen molar-refractivity contribution in [3.05, 3.63) is 57.5 Å².